The summed E-state index contributed by atoms with van der Waals surface area (Å²) < 4.78 is 11.1. The summed E-state index contributed by atoms with van der Waals surface area (Å²) in [6, 6.07) is 9.86. The van der Waals surface area contributed by atoms with Crippen LogP contribution in [0.5, 0.6) is 0 Å². The van der Waals surface area contributed by atoms with Gasteiger partial charge in [0.1, 0.15) is 0 Å². The molecule has 0 radical (unpaired) electrons. The van der Waals surface area contributed by atoms with E-state index in [0.717, 1.165) is 75.5 Å². The van der Waals surface area contributed by atoms with Gasteiger partial charge in [-0.3, -0.25) is 14.7 Å². The molecule has 28 heavy (non-hydrogen) atoms. The zero-order valence-electron chi connectivity index (χ0n) is 16.6. The topological polar surface area (TPSA) is 63.7 Å². The number of hydrogen-bond acceptors (Lipinski definition) is 5. The fourth-order valence-electron chi connectivity index (χ4n) is 4.23. The van der Waals surface area contributed by atoms with Crippen molar-refractivity contribution in [2.45, 2.75) is 19.8 Å². The van der Waals surface area contributed by atoms with E-state index in [1.54, 1.807) is 0 Å². The summed E-state index contributed by atoms with van der Waals surface area (Å²) >= 11 is 0. The highest BCUT2D eigenvalue weighted by Crippen LogP contribution is 2.31. The minimum atomic E-state index is -0.0383. The molecule has 2 saturated heterocycles. The Hall–Kier alpha value is -2.02. The van der Waals surface area contributed by atoms with Crippen molar-refractivity contribution in [3.8, 4) is 0 Å². The summed E-state index contributed by atoms with van der Waals surface area (Å²) in [5, 5.41) is 4.21. The minimum Gasteiger partial charge on any atom is -0.381 e. The SMILES string of the molecule is Cc1nc2ccccc2cc1C(=O)NCC1(CN2CCOCC2)CCOCC1. The van der Waals surface area contributed by atoms with E-state index in [-0.39, 0.29) is 11.3 Å². The number of amides is 1. The van der Waals surface area contributed by atoms with Gasteiger partial charge < -0.3 is 14.8 Å². The first kappa shape index (κ1) is 19.3. The molecular formula is C22H29N3O3. The number of hydrogen-bond donors (Lipinski definition) is 1. The van der Waals surface area contributed by atoms with E-state index >= 15 is 0 Å². The van der Waals surface area contributed by atoms with Crippen molar-refractivity contribution in [3.63, 3.8) is 0 Å². The van der Waals surface area contributed by atoms with Crippen molar-refractivity contribution in [1.82, 2.24) is 15.2 Å². The van der Waals surface area contributed by atoms with Gasteiger partial charge in [-0.05, 0) is 31.9 Å². The van der Waals surface area contributed by atoms with Gasteiger partial charge in [0.15, 0.2) is 0 Å². The molecule has 1 amide bonds. The normalized spacial score (nSPS) is 20.2. The predicted octanol–water partition coefficient (Wildman–Crippen LogP) is 2.40. The molecule has 0 atom stereocenters. The first-order chi connectivity index (χ1) is 13.7. The number of benzene rings is 1. The van der Waals surface area contributed by atoms with Crippen molar-refractivity contribution in [3.05, 3.63) is 41.6 Å². The van der Waals surface area contributed by atoms with E-state index in [4.69, 9.17) is 9.47 Å². The van der Waals surface area contributed by atoms with Crippen molar-refractivity contribution in [2.24, 2.45) is 5.41 Å². The van der Waals surface area contributed by atoms with Crippen LogP contribution in [0.25, 0.3) is 10.9 Å². The van der Waals surface area contributed by atoms with E-state index in [9.17, 15) is 4.79 Å². The summed E-state index contributed by atoms with van der Waals surface area (Å²) in [4.78, 5) is 20.0. The Morgan fingerprint density at radius 3 is 2.64 bits per heavy atom. The number of nitrogens with zero attached hydrogens (tertiary/aromatic N) is 2. The predicted molar refractivity (Wildman–Crippen MR) is 109 cm³/mol. The lowest BCUT2D eigenvalue weighted by Gasteiger charge is -2.42. The lowest BCUT2D eigenvalue weighted by atomic mass is 9.79. The molecule has 1 aromatic carbocycles. The number of ether oxygens (including phenoxy) is 2. The zero-order valence-corrected chi connectivity index (χ0v) is 16.6. The van der Waals surface area contributed by atoms with Gasteiger partial charge in [0, 0.05) is 50.2 Å². The summed E-state index contributed by atoms with van der Waals surface area (Å²) in [7, 11) is 0. The van der Waals surface area contributed by atoms with Crippen molar-refractivity contribution in [1.29, 1.82) is 0 Å². The standard InChI is InChI=1S/C22H29N3O3/c1-17-19(14-18-4-2-3-5-20(18)24-17)21(26)23-15-22(6-10-27-11-7-22)16-25-8-12-28-13-9-25/h2-5,14H,6-13,15-16H2,1H3,(H,23,26). The molecule has 150 valence electrons. The van der Waals surface area contributed by atoms with Gasteiger partial charge in [-0.1, -0.05) is 18.2 Å². The highest BCUT2D eigenvalue weighted by Gasteiger charge is 2.35. The van der Waals surface area contributed by atoms with Crippen LogP contribution in [-0.4, -0.2) is 68.4 Å². The van der Waals surface area contributed by atoms with Gasteiger partial charge >= 0.3 is 0 Å². The Balaban J connectivity index is 1.47. The van der Waals surface area contributed by atoms with Gasteiger partial charge in [0.05, 0.1) is 30.0 Å². The fraction of sp³-hybridized carbons (Fsp3) is 0.545. The maximum atomic E-state index is 13.0. The molecule has 0 aliphatic carbocycles. The highest BCUT2D eigenvalue weighted by molar-refractivity contribution is 5.98. The highest BCUT2D eigenvalue weighted by atomic mass is 16.5. The number of morpholine rings is 1. The number of carbonyl (C=O) groups is 1. The molecule has 0 bridgehead atoms. The van der Waals surface area contributed by atoms with Crippen LogP contribution in [0.3, 0.4) is 0 Å². The maximum absolute atomic E-state index is 13.0. The van der Waals surface area contributed by atoms with Crippen molar-refractivity contribution in [2.75, 3.05) is 52.6 Å². The van der Waals surface area contributed by atoms with Crippen LogP contribution in [0, 0.1) is 12.3 Å². The maximum Gasteiger partial charge on any atom is 0.253 e. The second-order valence-electron chi connectivity index (χ2n) is 8.00. The lowest BCUT2D eigenvalue weighted by Crippen LogP contribution is -2.50. The van der Waals surface area contributed by atoms with Crippen LogP contribution in [0.4, 0.5) is 0 Å². The molecule has 1 N–H and O–H groups in total. The molecule has 2 aliphatic rings. The van der Waals surface area contributed by atoms with Gasteiger partial charge in [-0.15, -0.1) is 0 Å². The van der Waals surface area contributed by atoms with Gasteiger partial charge in [0.2, 0.25) is 0 Å². The van der Waals surface area contributed by atoms with Gasteiger partial charge in [-0.25, -0.2) is 0 Å². The number of rotatable bonds is 5. The summed E-state index contributed by atoms with van der Waals surface area (Å²) in [5.41, 5.74) is 2.41. The van der Waals surface area contributed by atoms with E-state index in [2.05, 4.69) is 15.2 Å². The Morgan fingerprint density at radius 2 is 1.86 bits per heavy atom. The molecule has 6 heteroatoms. The second kappa shape index (κ2) is 8.55. The molecule has 1 aromatic heterocycles. The van der Waals surface area contributed by atoms with Crippen LogP contribution in [0.15, 0.2) is 30.3 Å². The number of aromatic nitrogens is 1. The number of fused-ring (bicyclic) bond motifs is 1. The Kier molecular flexibility index (Phi) is 5.90. The first-order valence-electron chi connectivity index (χ1n) is 10.2. The van der Waals surface area contributed by atoms with Gasteiger partial charge in [-0.2, -0.15) is 0 Å². The molecule has 2 aromatic rings. The summed E-state index contributed by atoms with van der Waals surface area (Å²) in [6.07, 6.45) is 1.94. The Morgan fingerprint density at radius 1 is 1.14 bits per heavy atom. The van der Waals surface area contributed by atoms with Crippen LogP contribution < -0.4 is 5.32 Å². The van der Waals surface area contributed by atoms with Crippen LogP contribution in [0.2, 0.25) is 0 Å². The van der Waals surface area contributed by atoms with E-state index < -0.39 is 0 Å². The molecular weight excluding hydrogens is 354 g/mol. The third-order valence-electron chi connectivity index (χ3n) is 6.00. The molecule has 2 fully saturated rings. The number of nitrogens with one attached hydrogen (secondary N) is 1. The smallest absolute Gasteiger partial charge is 0.253 e. The van der Waals surface area contributed by atoms with Crippen LogP contribution in [0.1, 0.15) is 28.9 Å². The quantitative estimate of drug-likeness (QED) is 0.859. The number of carbonyl (C=O) groups excluding carboxylic acids is 1. The average Bonchev–Trinajstić information content (AvgIpc) is 2.73. The van der Waals surface area contributed by atoms with E-state index in [0.29, 0.717) is 12.1 Å². The summed E-state index contributed by atoms with van der Waals surface area (Å²) in [5.74, 6) is -0.0383. The lowest BCUT2D eigenvalue weighted by molar-refractivity contribution is -0.0283. The Labute approximate surface area is 166 Å². The third-order valence-corrected chi connectivity index (χ3v) is 6.00. The average molecular weight is 383 g/mol. The second-order valence-corrected chi connectivity index (χ2v) is 8.00. The van der Waals surface area contributed by atoms with Crippen LogP contribution >= 0.6 is 0 Å². The molecule has 3 heterocycles. The first-order valence-corrected chi connectivity index (χ1v) is 10.2. The largest absolute Gasteiger partial charge is 0.381 e. The third kappa shape index (κ3) is 4.35. The summed E-state index contributed by atoms with van der Waals surface area (Å²) in [6.45, 7) is 8.58. The van der Waals surface area contributed by atoms with Crippen LogP contribution in [-0.2, 0) is 9.47 Å². The number of para-hydroxylation sites is 1. The number of aryl methyl sites for hydroxylation is 1. The molecule has 6 nitrogen and oxygen atoms in total. The van der Waals surface area contributed by atoms with Crippen molar-refractivity contribution >= 4 is 16.8 Å². The molecule has 4 rings (SSSR count). The molecule has 2 aliphatic heterocycles. The number of pyridine rings is 1. The fourth-order valence-corrected chi connectivity index (χ4v) is 4.23. The molecule has 0 unspecified atom stereocenters. The molecule has 0 spiro atoms. The van der Waals surface area contributed by atoms with Crippen molar-refractivity contribution < 1.29 is 14.3 Å². The molecule has 0 saturated carbocycles. The van der Waals surface area contributed by atoms with E-state index in [1.165, 1.54) is 0 Å². The zero-order chi connectivity index (χ0) is 19.4. The Bertz CT molecular complexity index is 827. The van der Waals surface area contributed by atoms with E-state index in [1.807, 2.05) is 37.3 Å². The monoisotopic (exact) mass is 383 g/mol. The van der Waals surface area contributed by atoms with Gasteiger partial charge in [0.25, 0.3) is 5.91 Å². The minimum absolute atomic E-state index is 0.0383.